The van der Waals surface area contributed by atoms with Crippen molar-refractivity contribution in [2.45, 2.75) is 13.8 Å². The third-order valence-corrected chi connectivity index (χ3v) is 2.63. The highest BCUT2D eigenvalue weighted by Crippen LogP contribution is 2.18. The fraction of sp³-hybridized carbons (Fsp3) is 0.143. The Morgan fingerprint density at radius 2 is 2.22 bits per heavy atom. The van der Waals surface area contributed by atoms with Gasteiger partial charge >= 0.3 is 0 Å². The maximum absolute atomic E-state index is 7.11. The van der Waals surface area contributed by atoms with Gasteiger partial charge in [0.1, 0.15) is 0 Å². The lowest BCUT2D eigenvalue weighted by Gasteiger charge is -2.02. The highest BCUT2D eigenvalue weighted by atomic mass is 15.3. The van der Waals surface area contributed by atoms with Crippen LogP contribution in [0.25, 0.3) is 5.69 Å². The standard InChI is InChI=1S/C14H16N4/c1-10-5-4-6-13(7-10)18-9-14(12(3)17-18)16-11(2)8-15/h4-9,15-16H,2H2,1,3H3. The van der Waals surface area contributed by atoms with Gasteiger partial charge in [-0.2, -0.15) is 5.10 Å². The van der Waals surface area contributed by atoms with E-state index >= 15 is 0 Å². The lowest BCUT2D eigenvalue weighted by molar-refractivity contribution is 0.861. The van der Waals surface area contributed by atoms with Gasteiger partial charge < -0.3 is 10.7 Å². The molecule has 0 aliphatic carbocycles. The number of allylic oxidation sites excluding steroid dienone is 1. The van der Waals surface area contributed by atoms with E-state index < -0.39 is 0 Å². The van der Waals surface area contributed by atoms with Crippen molar-refractivity contribution in [2.24, 2.45) is 0 Å². The Labute approximate surface area is 106 Å². The van der Waals surface area contributed by atoms with E-state index in [1.807, 2.05) is 29.9 Å². The molecule has 0 bridgehead atoms. The van der Waals surface area contributed by atoms with Crippen LogP contribution in [0.5, 0.6) is 0 Å². The van der Waals surface area contributed by atoms with Crippen molar-refractivity contribution in [1.29, 1.82) is 5.41 Å². The molecule has 1 heterocycles. The molecule has 1 aromatic heterocycles. The summed E-state index contributed by atoms with van der Waals surface area (Å²) in [7, 11) is 0. The first-order valence-corrected chi connectivity index (χ1v) is 5.70. The molecule has 18 heavy (non-hydrogen) atoms. The van der Waals surface area contributed by atoms with E-state index in [0.29, 0.717) is 5.70 Å². The first kappa shape index (κ1) is 12.1. The minimum atomic E-state index is 0.543. The second-order valence-corrected chi connectivity index (χ2v) is 4.21. The molecule has 0 radical (unpaired) electrons. The van der Waals surface area contributed by atoms with Gasteiger partial charge in [-0.05, 0) is 31.5 Å². The third kappa shape index (κ3) is 2.48. The first-order chi connectivity index (χ1) is 8.60. The molecule has 4 nitrogen and oxygen atoms in total. The fourth-order valence-electron chi connectivity index (χ4n) is 1.69. The molecule has 0 aliphatic rings. The van der Waals surface area contributed by atoms with Crippen LogP contribution in [-0.4, -0.2) is 16.0 Å². The number of nitrogens with one attached hydrogen (secondary N) is 2. The molecule has 2 aromatic rings. The molecule has 0 saturated heterocycles. The van der Waals surface area contributed by atoms with Gasteiger partial charge in [0.15, 0.2) is 0 Å². The molecule has 92 valence electrons. The van der Waals surface area contributed by atoms with Crippen molar-refractivity contribution in [1.82, 2.24) is 9.78 Å². The summed E-state index contributed by atoms with van der Waals surface area (Å²) < 4.78 is 1.82. The van der Waals surface area contributed by atoms with Crippen LogP contribution in [0.2, 0.25) is 0 Å². The summed E-state index contributed by atoms with van der Waals surface area (Å²) >= 11 is 0. The van der Waals surface area contributed by atoms with E-state index in [4.69, 9.17) is 5.41 Å². The van der Waals surface area contributed by atoms with E-state index in [1.165, 1.54) is 11.8 Å². The number of aryl methyl sites for hydroxylation is 2. The highest BCUT2D eigenvalue weighted by Gasteiger charge is 2.06. The van der Waals surface area contributed by atoms with Crippen LogP contribution >= 0.6 is 0 Å². The molecule has 0 aliphatic heterocycles. The zero-order chi connectivity index (χ0) is 13.1. The van der Waals surface area contributed by atoms with Crippen molar-refractivity contribution in [2.75, 3.05) is 5.32 Å². The second kappa shape index (κ2) is 4.87. The molecule has 2 rings (SSSR count). The Kier molecular flexibility index (Phi) is 3.28. The first-order valence-electron chi connectivity index (χ1n) is 5.70. The molecule has 0 unspecified atom stereocenters. The summed E-state index contributed by atoms with van der Waals surface area (Å²) in [5.74, 6) is 0. The van der Waals surface area contributed by atoms with E-state index in [0.717, 1.165) is 17.1 Å². The monoisotopic (exact) mass is 240 g/mol. The summed E-state index contributed by atoms with van der Waals surface area (Å²) in [5, 5.41) is 14.6. The van der Waals surface area contributed by atoms with E-state index in [2.05, 4.69) is 36.1 Å². The van der Waals surface area contributed by atoms with Crippen molar-refractivity contribution in [3.63, 3.8) is 0 Å². The van der Waals surface area contributed by atoms with Crippen LogP contribution in [0, 0.1) is 19.3 Å². The van der Waals surface area contributed by atoms with Gasteiger partial charge in [-0.15, -0.1) is 0 Å². The summed E-state index contributed by atoms with van der Waals surface area (Å²) in [6.07, 6.45) is 3.09. The Bertz CT molecular complexity index is 596. The Hall–Kier alpha value is -2.36. The topological polar surface area (TPSA) is 53.7 Å². The summed E-state index contributed by atoms with van der Waals surface area (Å²) in [6.45, 7) is 7.69. The molecule has 0 spiro atoms. The predicted molar refractivity (Wildman–Crippen MR) is 74.6 cm³/mol. The smallest absolute Gasteiger partial charge is 0.0833 e. The molecule has 0 fully saturated rings. The molecular weight excluding hydrogens is 224 g/mol. The van der Waals surface area contributed by atoms with Gasteiger partial charge in [-0.3, -0.25) is 0 Å². The van der Waals surface area contributed by atoms with Crippen molar-refractivity contribution < 1.29 is 0 Å². The number of anilines is 1. The summed E-state index contributed by atoms with van der Waals surface area (Å²) in [5.41, 5.74) is 4.50. The normalized spacial score (nSPS) is 10.1. The van der Waals surface area contributed by atoms with Gasteiger partial charge in [0.25, 0.3) is 0 Å². The number of rotatable bonds is 4. The van der Waals surface area contributed by atoms with Crippen molar-refractivity contribution in [3.05, 3.63) is 54.0 Å². The average Bonchev–Trinajstić information content (AvgIpc) is 2.71. The summed E-state index contributed by atoms with van der Waals surface area (Å²) in [6, 6.07) is 8.14. The van der Waals surface area contributed by atoms with Gasteiger partial charge in [0.2, 0.25) is 0 Å². The Morgan fingerprint density at radius 3 is 2.89 bits per heavy atom. The average molecular weight is 240 g/mol. The van der Waals surface area contributed by atoms with Crippen LogP contribution in [-0.2, 0) is 0 Å². The quantitative estimate of drug-likeness (QED) is 0.807. The predicted octanol–water partition coefficient (Wildman–Crippen LogP) is 3.06. The molecular formula is C14H16N4. The zero-order valence-corrected chi connectivity index (χ0v) is 10.6. The minimum Gasteiger partial charge on any atom is -0.352 e. The van der Waals surface area contributed by atoms with Crippen LogP contribution in [0.3, 0.4) is 0 Å². The lowest BCUT2D eigenvalue weighted by atomic mass is 10.2. The minimum absolute atomic E-state index is 0.543. The number of benzene rings is 1. The molecule has 2 N–H and O–H groups in total. The molecule has 0 saturated carbocycles. The SMILES string of the molecule is C=C(C=N)Nc1cn(-c2cccc(C)c2)nc1C. The van der Waals surface area contributed by atoms with Crippen LogP contribution in [0.4, 0.5) is 5.69 Å². The number of aromatic nitrogens is 2. The van der Waals surface area contributed by atoms with Gasteiger partial charge in [0.05, 0.1) is 23.3 Å². The number of hydrogen-bond donors (Lipinski definition) is 2. The Morgan fingerprint density at radius 1 is 1.44 bits per heavy atom. The van der Waals surface area contributed by atoms with Crippen LogP contribution in [0.1, 0.15) is 11.3 Å². The molecule has 0 atom stereocenters. The second-order valence-electron chi connectivity index (χ2n) is 4.21. The molecule has 0 amide bonds. The van der Waals surface area contributed by atoms with Gasteiger partial charge in [-0.1, -0.05) is 18.7 Å². The van der Waals surface area contributed by atoms with E-state index in [9.17, 15) is 0 Å². The van der Waals surface area contributed by atoms with Gasteiger partial charge in [0, 0.05) is 11.9 Å². The fourth-order valence-corrected chi connectivity index (χ4v) is 1.69. The van der Waals surface area contributed by atoms with E-state index in [-0.39, 0.29) is 0 Å². The van der Waals surface area contributed by atoms with Crippen molar-refractivity contribution >= 4 is 11.9 Å². The van der Waals surface area contributed by atoms with Crippen LogP contribution < -0.4 is 5.32 Å². The maximum Gasteiger partial charge on any atom is 0.0833 e. The molecule has 1 aromatic carbocycles. The largest absolute Gasteiger partial charge is 0.352 e. The Balaban J connectivity index is 2.34. The molecule has 4 heteroatoms. The third-order valence-electron chi connectivity index (χ3n) is 2.63. The van der Waals surface area contributed by atoms with Gasteiger partial charge in [-0.25, -0.2) is 4.68 Å². The highest BCUT2D eigenvalue weighted by molar-refractivity contribution is 5.80. The number of nitrogens with zero attached hydrogens (tertiary/aromatic N) is 2. The zero-order valence-electron chi connectivity index (χ0n) is 10.6. The van der Waals surface area contributed by atoms with Crippen molar-refractivity contribution in [3.8, 4) is 5.69 Å². The lowest BCUT2D eigenvalue weighted by Crippen LogP contribution is -1.98. The van der Waals surface area contributed by atoms with E-state index in [1.54, 1.807) is 0 Å². The summed E-state index contributed by atoms with van der Waals surface area (Å²) in [4.78, 5) is 0. The maximum atomic E-state index is 7.11. The van der Waals surface area contributed by atoms with Crippen LogP contribution in [0.15, 0.2) is 42.7 Å². The number of hydrogen-bond acceptors (Lipinski definition) is 3.